The number of hydrogen-bond acceptors (Lipinski definition) is 5. The van der Waals surface area contributed by atoms with Crippen LogP contribution in [0.1, 0.15) is 50.0 Å². The third-order valence-electron chi connectivity index (χ3n) is 4.04. The Morgan fingerprint density at radius 3 is 2.52 bits per heavy atom. The molecule has 0 spiro atoms. The molecule has 1 fully saturated rings. The second-order valence-electron chi connectivity index (χ2n) is 5.49. The maximum atomic E-state index is 11.7. The van der Waals surface area contributed by atoms with E-state index in [1.807, 2.05) is 13.0 Å². The van der Waals surface area contributed by atoms with Gasteiger partial charge in [0.1, 0.15) is 0 Å². The summed E-state index contributed by atoms with van der Waals surface area (Å²) in [6.07, 6.45) is 4.31. The van der Waals surface area contributed by atoms with Crippen LogP contribution in [0.4, 0.5) is 5.82 Å². The van der Waals surface area contributed by atoms with E-state index in [-0.39, 0.29) is 5.91 Å². The zero-order valence-electron chi connectivity index (χ0n) is 12.9. The van der Waals surface area contributed by atoms with Crippen LogP contribution < -0.4 is 16.0 Å². The average Bonchev–Trinajstić information content (AvgIpc) is 2.51. The first-order valence-corrected chi connectivity index (χ1v) is 7.79. The summed E-state index contributed by atoms with van der Waals surface area (Å²) in [4.78, 5) is 14.0. The van der Waals surface area contributed by atoms with Gasteiger partial charge in [0.25, 0.3) is 5.91 Å². The molecule has 0 bridgehead atoms. The lowest BCUT2D eigenvalue weighted by Gasteiger charge is -2.36. The Bertz CT molecular complexity index is 454. The van der Waals surface area contributed by atoms with Crippen LogP contribution in [0.15, 0.2) is 12.1 Å². The summed E-state index contributed by atoms with van der Waals surface area (Å²) in [6.45, 7) is 5.47. The van der Waals surface area contributed by atoms with Crippen LogP contribution in [0.5, 0.6) is 0 Å². The Balaban J connectivity index is 2.06. The maximum Gasteiger partial charge on any atom is 0.271 e. The Morgan fingerprint density at radius 2 is 2.00 bits per heavy atom. The smallest absolute Gasteiger partial charge is 0.271 e. The van der Waals surface area contributed by atoms with Crippen molar-refractivity contribution in [3.63, 3.8) is 0 Å². The van der Waals surface area contributed by atoms with Crippen LogP contribution in [-0.4, -0.2) is 41.3 Å². The summed E-state index contributed by atoms with van der Waals surface area (Å²) in [5.41, 5.74) is 6.33. The van der Waals surface area contributed by atoms with Crippen LogP contribution in [-0.2, 0) is 0 Å². The monoisotopic (exact) mass is 291 g/mol. The fraction of sp³-hybridized carbons (Fsp3) is 0.667. The third kappa shape index (κ3) is 3.91. The number of amides is 1. The SMILES string of the molecule is CCNC(=O)c1ccc(N(CC)C2CCC(N)CC2)nn1. The highest BCUT2D eigenvalue weighted by atomic mass is 16.1. The largest absolute Gasteiger partial charge is 0.352 e. The lowest BCUT2D eigenvalue weighted by molar-refractivity contribution is 0.0950. The number of nitrogens with one attached hydrogen (secondary N) is 1. The van der Waals surface area contributed by atoms with E-state index in [0.717, 1.165) is 38.0 Å². The number of nitrogens with zero attached hydrogens (tertiary/aromatic N) is 3. The fourth-order valence-electron chi connectivity index (χ4n) is 2.87. The minimum atomic E-state index is -0.178. The summed E-state index contributed by atoms with van der Waals surface area (Å²) < 4.78 is 0. The first-order valence-electron chi connectivity index (χ1n) is 7.79. The summed E-state index contributed by atoms with van der Waals surface area (Å²) in [5, 5.41) is 11.0. The second-order valence-corrected chi connectivity index (χ2v) is 5.49. The first kappa shape index (κ1) is 15.7. The number of hydrogen-bond donors (Lipinski definition) is 2. The molecule has 1 amide bonds. The van der Waals surface area contributed by atoms with Crippen LogP contribution in [0.25, 0.3) is 0 Å². The molecule has 1 heterocycles. The summed E-state index contributed by atoms with van der Waals surface area (Å²) in [7, 11) is 0. The maximum absolute atomic E-state index is 11.7. The van der Waals surface area contributed by atoms with Gasteiger partial charge in [-0.1, -0.05) is 0 Å². The van der Waals surface area contributed by atoms with Crippen molar-refractivity contribution in [2.45, 2.75) is 51.6 Å². The van der Waals surface area contributed by atoms with Crippen LogP contribution in [0.2, 0.25) is 0 Å². The molecule has 6 nitrogen and oxygen atoms in total. The van der Waals surface area contributed by atoms with Gasteiger partial charge in [0.2, 0.25) is 0 Å². The molecule has 1 aliphatic rings. The molecule has 2 rings (SSSR count). The molecule has 21 heavy (non-hydrogen) atoms. The standard InChI is InChI=1S/C15H25N5O/c1-3-17-15(21)13-9-10-14(19-18-13)20(4-2)12-7-5-11(16)6-8-12/h9-12H,3-8,16H2,1-2H3,(H,17,21). The van der Waals surface area contributed by atoms with Gasteiger partial charge in [0.05, 0.1) is 0 Å². The van der Waals surface area contributed by atoms with Gasteiger partial charge in [-0.25, -0.2) is 0 Å². The van der Waals surface area contributed by atoms with Crippen LogP contribution in [0, 0.1) is 0 Å². The predicted molar refractivity (Wildman–Crippen MR) is 83.3 cm³/mol. The molecule has 6 heteroatoms. The van der Waals surface area contributed by atoms with E-state index >= 15 is 0 Å². The molecule has 1 aromatic heterocycles. The molecule has 116 valence electrons. The Labute approximate surface area is 126 Å². The summed E-state index contributed by atoms with van der Waals surface area (Å²) in [6, 6.07) is 4.44. The van der Waals surface area contributed by atoms with E-state index < -0.39 is 0 Å². The van der Waals surface area contributed by atoms with Crippen molar-refractivity contribution in [3.05, 3.63) is 17.8 Å². The Kier molecular flexibility index (Phi) is 5.50. The van der Waals surface area contributed by atoms with Gasteiger partial charge < -0.3 is 16.0 Å². The fourth-order valence-corrected chi connectivity index (χ4v) is 2.87. The van der Waals surface area contributed by atoms with E-state index in [4.69, 9.17) is 5.73 Å². The topological polar surface area (TPSA) is 84.1 Å². The van der Waals surface area contributed by atoms with E-state index in [2.05, 4.69) is 27.3 Å². The molecule has 0 aromatic carbocycles. The van der Waals surface area contributed by atoms with Crippen molar-refractivity contribution in [1.82, 2.24) is 15.5 Å². The normalized spacial score (nSPS) is 21.9. The number of carbonyl (C=O) groups is 1. The number of rotatable bonds is 5. The second kappa shape index (κ2) is 7.36. The number of anilines is 1. The molecule has 0 aliphatic heterocycles. The zero-order chi connectivity index (χ0) is 15.2. The third-order valence-corrected chi connectivity index (χ3v) is 4.04. The molecule has 0 radical (unpaired) electrons. The lowest BCUT2D eigenvalue weighted by atomic mass is 9.91. The Hall–Kier alpha value is -1.69. The summed E-state index contributed by atoms with van der Waals surface area (Å²) >= 11 is 0. The Morgan fingerprint density at radius 1 is 1.29 bits per heavy atom. The predicted octanol–water partition coefficient (Wildman–Crippen LogP) is 1.32. The van der Waals surface area contributed by atoms with Crippen molar-refractivity contribution in [2.24, 2.45) is 5.73 Å². The zero-order valence-corrected chi connectivity index (χ0v) is 12.9. The van der Waals surface area contributed by atoms with Gasteiger partial charge in [0.15, 0.2) is 11.5 Å². The van der Waals surface area contributed by atoms with Gasteiger partial charge in [-0.3, -0.25) is 4.79 Å². The molecule has 0 saturated heterocycles. The van der Waals surface area contributed by atoms with Gasteiger partial charge >= 0.3 is 0 Å². The van der Waals surface area contributed by atoms with E-state index in [1.54, 1.807) is 6.07 Å². The van der Waals surface area contributed by atoms with Gasteiger partial charge in [-0.05, 0) is 51.7 Å². The number of aromatic nitrogens is 2. The number of carbonyl (C=O) groups excluding carboxylic acids is 1. The quantitative estimate of drug-likeness (QED) is 0.855. The summed E-state index contributed by atoms with van der Waals surface area (Å²) in [5.74, 6) is 0.661. The minimum absolute atomic E-state index is 0.178. The highest BCUT2D eigenvalue weighted by molar-refractivity contribution is 5.92. The van der Waals surface area contributed by atoms with E-state index in [1.165, 1.54) is 0 Å². The molecule has 0 atom stereocenters. The number of nitrogens with two attached hydrogens (primary N) is 1. The van der Waals surface area contributed by atoms with Crippen molar-refractivity contribution in [1.29, 1.82) is 0 Å². The van der Waals surface area contributed by atoms with Crippen LogP contribution >= 0.6 is 0 Å². The highest BCUT2D eigenvalue weighted by Crippen LogP contribution is 2.25. The molecule has 1 aromatic rings. The van der Waals surface area contributed by atoms with Crippen molar-refractivity contribution < 1.29 is 4.79 Å². The van der Waals surface area contributed by atoms with Gasteiger partial charge in [-0.2, -0.15) is 0 Å². The van der Waals surface area contributed by atoms with Crippen molar-refractivity contribution in [2.75, 3.05) is 18.0 Å². The molecule has 1 saturated carbocycles. The van der Waals surface area contributed by atoms with Gasteiger partial charge in [-0.15, -0.1) is 10.2 Å². The van der Waals surface area contributed by atoms with E-state index in [9.17, 15) is 4.79 Å². The molecular formula is C15H25N5O. The molecule has 0 unspecified atom stereocenters. The molecular weight excluding hydrogens is 266 g/mol. The molecule has 1 aliphatic carbocycles. The van der Waals surface area contributed by atoms with Crippen LogP contribution in [0.3, 0.4) is 0 Å². The van der Waals surface area contributed by atoms with E-state index in [0.29, 0.717) is 24.3 Å². The first-order chi connectivity index (χ1) is 10.2. The minimum Gasteiger partial charge on any atom is -0.352 e. The highest BCUT2D eigenvalue weighted by Gasteiger charge is 2.24. The van der Waals surface area contributed by atoms with Gasteiger partial charge in [0, 0.05) is 25.2 Å². The average molecular weight is 291 g/mol. The molecule has 3 N–H and O–H groups in total. The van der Waals surface area contributed by atoms with Crippen molar-refractivity contribution >= 4 is 11.7 Å². The lowest BCUT2D eigenvalue weighted by Crippen LogP contribution is -2.41. The van der Waals surface area contributed by atoms with Crippen molar-refractivity contribution in [3.8, 4) is 0 Å².